The number of aromatic nitrogens is 2. The van der Waals surface area contributed by atoms with Crippen LogP contribution in [-0.4, -0.2) is 47.4 Å². The molecule has 156 valence electrons. The fourth-order valence-electron chi connectivity index (χ4n) is 2.27. The fourth-order valence-corrected chi connectivity index (χ4v) is 2.89. The van der Waals surface area contributed by atoms with Gasteiger partial charge < -0.3 is 25.3 Å². The number of rotatable bonds is 10. The van der Waals surface area contributed by atoms with Gasteiger partial charge in [-0.2, -0.15) is 0 Å². The van der Waals surface area contributed by atoms with Crippen molar-refractivity contribution in [3.8, 4) is 11.5 Å². The zero-order valence-corrected chi connectivity index (χ0v) is 17.4. The lowest BCUT2D eigenvalue weighted by atomic mass is 10.2. The predicted molar refractivity (Wildman–Crippen MR) is 111 cm³/mol. The first-order chi connectivity index (χ1) is 14.0. The molecule has 3 N–H and O–H groups in total. The number of nitrogens with two attached hydrogens (primary N) is 1. The van der Waals surface area contributed by atoms with E-state index in [0.717, 1.165) is 11.8 Å². The molecular weight excluding hydrogens is 396 g/mol. The molecule has 1 amide bonds. The fraction of sp³-hybridized carbons (Fsp3) is 0.368. The van der Waals surface area contributed by atoms with E-state index in [-0.39, 0.29) is 34.8 Å². The van der Waals surface area contributed by atoms with Gasteiger partial charge in [-0.15, -0.1) is 0 Å². The van der Waals surface area contributed by atoms with Gasteiger partial charge in [-0.05, 0) is 32.9 Å². The van der Waals surface area contributed by atoms with E-state index < -0.39 is 5.97 Å². The topological polar surface area (TPSA) is 126 Å². The van der Waals surface area contributed by atoms with Crippen molar-refractivity contribution in [2.75, 3.05) is 36.6 Å². The van der Waals surface area contributed by atoms with Gasteiger partial charge in [0, 0.05) is 18.0 Å². The summed E-state index contributed by atoms with van der Waals surface area (Å²) in [6.45, 7) is 6.67. The van der Waals surface area contributed by atoms with Gasteiger partial charge in [0.25, 0.3) is 0 Å². The van der Waals surface area contributed by atoms with Crippen molar-refractivity contribution in [2.24, 2.45) is 0 Å². The third-order valence-electron chi connectivity index (χ3n) is 3.45. The number of hydrogen-bond donors (Lipinski definition) is 2. The Kier molecular flexibility index (Phi) is 8.53. The van der Waals surface area contributed by atoms with Crippen LogP contribution < -0.4 is 20.5 Å². The SMILES string of the molecule is CCOC(=O)c1cnc(SCC(=O)Nc2ccc(OCC)c(OCC)c2)nc1N. The first-order valence-corrected chi connectivity index (χ1v) is 10.1. The molecule has 9 nitrogen and oxygen atoms in total. The van der Waals surface area contributed by atoms with Gasteiger partial charge in [-0.25, -0.2) is 14.8 Å². The molecule has 0 saturated carbocycles. The van der Waals surface area contributed by atoms with Crippen LogP contribution in [0.1, 0.15) is 31.1 Å². The van der Waals surface area contributed by atoms with Crippen LogP contribution in [0.25, 0.3) is 0 Å². The third kappa shape index (κ3) is 6.53. The molecule has 0 atom stereocenters. The van der Waals surface area contributed by atoms with Crippen LogP contribution in [0.4, 0.5) is 11.5 Å². The summed E-state index contributed by atoms with van der Waals surface area (Å²) < 4.78 is 15.9. The number of benzene rings is 1. The Hall–Kier alpha value is -3.01. The molecule has 1 heterocycles. The minimum absolute atomic E-state index is 0.00854. The Bertz CT molecular complexity index is 862. The van der Waals surface area contributed by atoms with E-state index in [1.807, 2.05) is 13.8 Å². The van der Waals surface area contributed by atoms with Crippen molar-refractivity contribution in [1.29, 1.82) is 0 Å². The standard InChI is InChI=1S/C19H24N4O5S/c1-4-26-14-8-7-12(9-15(14)27-5-2)22-16(24)11-29-19-21-10-13(17(20)23-19)18(25)28-6-3/h7-10H,4-6,11H2,1-3H3,(H,22,24)(H2,20,21,23). The molecule has 2 rings (SSSR count). The lowest BCUT2D eigenvalue weighted by Crippen LogP contribution is -2.15. The van der Waals surface area contributed by atoms with E-state index in [4.69, 9.17) is 19.9 Å². The van der Waals surface area contributed by atoms with E-state index in [2.05, 4.69) is 15.3 Å². The highest BCUT2D eigenvalue weighted by molar-refractivity contribution is 7.99. The van der Waals surface area contributed by atoms with E-state index in [1.54, 1.807) is 25.1 Å². The number of amides is 1. The molecule has 10 heteroatoms. The highest BCUT2D eigenvalue weighted by atomic mass is 32.2. The largest absolute Gasteiger partial charge is 0.490 e. The molecule has 1 aromatic heterocycles. The summed E-state index contributed by atoms with van der Waals surface area (Å²) in [6.07, 6.45) is 1.29. The molecule has 0 unspecified atom stereocenters. The van der Waals surface area contributed by atoms with Crippen LogP contribution in [0.5, 0.6) is 11.5 Å². The van der Waals surface area contributed by atoms with Crippen molar-refractivity contribution in [3.63, 3.8) is 0 Å². The lowest BCUT2D eigenvalue weighted by Gasteiger charge is -2.13. The number of ether oxygens (including phenoxy) is 3. The smallest absolute Gasteiger partial charge is 0.343 e. The second-order valence-electron chi connectivity index (χ2n) is 5.54. The van der Waals surface area contributed by atoms with Crippen molar-refractivity contribution in [1.82, 2.24) is 9.97 Å². The number of carbonyl (C=O) groups excluding carboxylic acids is 2. The Balaban J connectivity index is 1.97. The summed E-state index contributed by atoms with van der Waals surface area (Å²) in [5.41, 5.74) is 6.45. The van der Waals surface area contributed by atoms with Gasteiger partial charge in [0.2, 0.25) is 5.91 Å². The Morgan fingerprint density at radius 2 is 1.83 bits per heavy atom. The number of thioether (sulfide) groups is 1. The first-order valence-electron chi connectivity index (χ1n) is 9.10. The van der Waals surface area contributed by atoms with E-state index in [9.17, 15) is 9.59 Å². The lowest BCUT2D eigenvalue weighted by molar-refractivity contribution is -0.113. The number of nitrogen functional groups attached to an aromatic ring is 1. The Morgan fingerprint density at radius 3 is 2.48 bits per heavy atom. The van der Waals surface area contributed by atoms with Crippen LogP contribution in [0.3, 0.4) is 0 Å². The van der Waals surface area contributed by atoms with Crippen molar-refractivity contribution in [2.45, 2.75) is 25.9 Å². The maximum Gasteiger partial charge on any atom is 0.343 e. The van der Waals surface area contributed by atoms with E-state index in [0.29, 0.717) is 30.4 Å². The summed E-state index contributed by atoms with van der Waals surface area (Å²) in [6, 6.07) is 5.19. The van der Waals surface area contributed by atoms with Crippen LogP contribution in [0, 0.1) is 0 Å². The third-order valence-corrected chi connectivity index (χ3v) is 4.31. The summed E-state index contributed by atoms with van der Waals surface area (Å²) in [7, 11) is 0. The average molecular weight is 420 g/mol. The second-order valence-corrected chi connectivity index (χ2v) is 6.48. The van der Waals surface area contributed by atoms with Crippen LogP contribution in [0.15, 0.2) is 29.6 Å². The second kappa shape index (κ2) is 11.1. The molecule has 2 aromatic rings. The number of nitrogens with one attached hydrogen (secondary N) is 1. The van der Waals surface area contributed by atoms with Crippen LogP contribution in [-0.2, 0) is 9.53 Å². The molecule has 29 heavy (non-hydrogen) atoms. The summed E-state index contributed by atoms with van der Waals surface area (Å²) in [5, 5.41) is 3.07. The first kappa shape index (κ1) is 22.3. The maximum absolute atomic E-state index is 12.2. The molecule has 0 aliphatic carbocycles. The summed E-state index contributed by atoms with van der Waals surface area (Å²) >= 11 is 1.10. The summed E-state index contributed by atoms with van der Waals surface area (Å²) in [4.78, 5) is 32.0. The Morgan fingerprint density at radius 1 is 1.10 bits per heavy atom. The number of carbonyl (C=O) groups is 2. The van der Waals surface area contributed by atoms with Crippen molar-refractivity contribution < 1.29 is 23.8 Å². The van der Waals surface area contributed by atoms with Gasteiger partial charge in [0.05, 0.1) is 25.6 Å². The average Bonchev–Trinajstić information content (AvgIpc) is 2.69. The van der Waals surface area contributed by atoms with Gasteiger partial charge in [-0.1, -0.05) is 11.8 Å². The van der Waals surface area contributed by atoms with Crippen LogP contribution in [0.2, 0.25) is 0 Å². The van der Waals surface area contributed by atoms with Gasteiger partial charge in [0.1, 0.15) is 11.4 Å². The van der Waals surface area contributed by atoms with E-state index >= 15 is 0 Å². The minimum atomic E-state index is -0.583. The Labute approximate surface area is 173 Å². The highest BCUT2D eigenvalue weighted by Gasteiger charge is 2.15. The monoisotopic (exact) mass is 420 g/mol. The zero-order valence-electron chi connectivity index (χ0n) is 16.6. The number of esters is 1. The molecular formula is C19H24N4O5S. The van der Waals surface area contributed by atoms with E-state index in [1.165, 1.54) is 6.20 Å². The number of nitrogens with zero attached hydrogens (tertiary/aromatic N) is 2. The normalized spacial score (nSPS) is 10.3. The van der Waals surface area contributed by atoms with Gasteiger partial charge in [-0.3, -0.25) is 4.79 Å². The molecule has 0 radical (unpaired) electrons. The maximum atomic E-state index is 12.2. The minimum Gasteiger partial charge on any atom is -0.490 e. The molecule has 0 aliphatic rings. The van der Waals surface area contributed by atoms with Gasteiger partial charge in [0.15, 0.2) is 16.7 Å². The molecule has 0 fully saturated rings. The predicted octanol–water partition coefficient (Wildman–Crippen LogP) is 2.76. The molecule has 0 aliphatic heterocycles. The molecule has 0 saturated heterocycles. The quantitative estimate of drug-likeness (QED) is 0.339. The highest BCUT2D eigenvalue weighted by Crippen LogP contribution is 2.30. The van der Waals surface area contributed by atoms with Gasteiger partial charge >= 0.3 is 5.97 Å². The zero-order chi connectivity index (χ0) is 21.2. The number of anilines is 2. The van der Waals surface area contributed by atoms with Crippen molar-refractivity contribution in [3.05, 3.63) is 30.0 Å². The number of hydrogen-bond acceptors (Lipinski definition) is 9. The molecule has 0 spiro atoms. The summed E-state index contributed by atoms with van der Waals surface area (Å²) in [5.74, 6) is 0.417. The van der Waals surface area contributed by atoms with Crippen LogP contribution >= 0.6 is 11.8 Å². The molecule has 0 bridgehead atoms. The van der Waals surface area contributed by atoms with Crippen molar-refractivity contribution >= 4 is 35.1 Å². The molecule has 1 aromatic carbocycles.